The average Bonchev–Trinajstić information content (AvgIpc) is 2.24. The number of likely N-dealkylation sites (N-methyl/N-ethyl adjacent to an activating group) is 1. The van der Waals surface area contributed by atoms with Crippen molar-refractivity contribution in [2.24, 2.45) is 5.92 Å². The zero-order valence-electron chi connectivity index (χ0n) is 10.4. The van der Waals surface area contributed by atoms with Crippen molar-refractivity contribution >= 4 is 12.4 Å². The van der Waals surface area contributed by atoms with Gasteiger partial charge in [-0.05, 0) is 12.3 Å². The van der Waals surface area contributed by atoms with Crippen molar-refractivity contribution in [2.75, 3.05) is 20.2 Å². The highest BCUT2D eigenvalue weighted by Gasteiger charge is 2.15. The molecule has 0 N–H and O–H groups in total. The van der Waals surface area contributed by atoms with Gasteiger partial charge in [-0.1, -0.05) is 26.8 Å². The molecule has 1 unspecified atom stereocenters. The normalized spacial score (nSPS) is 11.7. The summed E-state index contributed by atoms with van der Waals surface area (Å²) in [7, 11) is 1.74. The van der Waals surface area contributed by atoms with Gasteiger partial charge >= 0.3 is 0 Å². The Bertz CT molecular complexity index is 251. The minimum Gasteiger partial charge on any atom is -0.463 e. The van der Waals surface area contributed by atoms with Gasteiger partial charge in [-0.15, -0.1) is 0 Å². The Morgan fingerprint density at radius 3 is 2.69 bits per heavy atom. The van der Waals surface area contributed by atoms with E-state index in [0.29, 0.717) is 24.5 Å². The van der Waals surface area contributed by atoms with Crippen LogP contribution >= 0.6 is 0 Å². The lowest BCUT2D eigenvalue weighted by molar-refractivity contribution is -0.130. The van der Waals surface area contributed by atoms with Crippen LogP contribution in [0.4, 0.5) is 0 Å². The van der Waals surface area contributed by atoms with Crippen molar-refractivity contribution in [3.05, 3.63) is 12.2 Å². The summed E-state index contributed by atoms with van der Waals surface area (Å²) < 4.78 is 4.49. The molecule has 92 valence electrons. The fourth-order valence-corrected chi connectivity index (χ4v) is 1.60. The predicted molar refractivity (Wildman–Crippen MR) is 62.9 cm³/mol. The van der Waals surface area contributed by atoms with Crippen LogP contribution in [0.1, 0.15) is 26.7 Å². The first-order valence-corrected chi connectivity index (χ1v) is 5.51. The van der Waals surface area contributed by atoms with Gasteiger partial charge in [-0.3, -0.25) is 9.59 Å². The van der Waals surface area contributed by atoms with Gasteiger partial charge in [0.25, 0.3) is 12.4 Å². The molecular weight excluding hydrogens is 206 g/mol. The second kappa shape index (κ2) is 7.91. The van der Waals surface area contributed by atoms with E-state index >= 15 is 0 Å². The molecule has 0 aliphatic heterocycles. The Hall–Kier alpha value is -1.32. The highest BCUT2D eigenvalue weighted by atomic mass is 16.5. The molecule has 4 nitrogen and oxygen atoms in total. The second-order valence-electron chi connectivity index (χ2n) is 4.09. The molecule has 0 aromatic rings. The standard InChI is InChI=1S/C12H21NO3/c1-5-6-10(2)7-13(4)12(15)11(3)8-16-9-14/h9-10H,3,5-8H2,1-2,4H3. The molecule has 0 aromatic carbocycles. The van der Waals surface area contributed by atoms with E-state index in [2.05, 4.69) is 25.2 Å². The van der Waals surface area contributed by atoms with Gasteiger partial charge in [-0.25, -0.2) is 0 Å². The first-order valence-electron chi connectivity index (χ1n) is 5.51. The number of carbonyl (C=O) groups excluding carboxylic acids is 2. The van der Waals surface area contributed by atoms with E-state index in [4.69, 9.17) is 0 Å². The summed E-state index contributed by atoms with van der Waals surface area (Å²) in [6.45, 7) is 8.81. The molecule has 0 radical (unpaired) electrons. The summed E-state index contributed by atoms with van der Waals surface area (Å²) in [6, 6.07) is 0. The molecule has 0 saturated heterocycles. The van der Waals surface area contributed by atoms with Crippen molar-refractivity contribution in [3.63, 3.8) is 0 Å². The zero-order valence-corrected chi connectivity index (χ0v) is 10.4. The number of ether oxygens (including phenoxy) is 1. The lowest BCUT2D eigenvalue weighted by atomic mass is 10.1. The topological polar surface area (TPSA) is 46.6 Å². The third-order valence-electron chi connectivity index (χ3n) is 2.34. The van der Waals surface area contributed by atoms with Crippen molar-refractivity contribution in [3.8, 4) is 0 Å². The van der Waals surface area contributed by atoms with Gasteiger partial charge in [0.05, 0.1) is 0 Å². The predicted octanol–water partition coefficient (Wildman–Crippen LogP) is 1.61. The minimum atomic E-state index is -0.162. The third kappa shape index (κ3) is 5.53. The van der Waals surface area contributed by atoms with E-state index in [-0.39, 0.29) is 12.5 Å². The molecule has 0 saturated carbocycles. The number of rotatable bonds is 8. The molecule has 0 heterocycles. The molecule has 0 aromatic heterocycles. The smallest absolute Gasteiger partial charge is 0.293 e. The van der Waals surface area contributed by atoms with Crippen LogP contribution < -0.4 is 0 Å². The van der Waals surface area contributed by atoms with Crippen molar-refractivity contribution in [1.29, 1.82) is 0 Å². The van der Waals surface area contributed by atoms with Crippen LogP contribution in [0.3, 0.4) is 0 Å². The molecule has 0 rings (SSSR count). The van der Waals surface area contributed by atoms with E-state index < -0.39 is 0 Å². The lowest BCUT2D eigenvalue weighted by Crippen LogP contribution is -2.32. The summed E-state index contributed by atoms with van der Waals surface area (Å²) in [6.07, 6.45) is 2.20. The van der Waals surface area contributed by atoms with Gasteiger partial charge in [0.1, 0.15) is 6.61 Å². The number of carbonyl (C=O) groups is 2. The third-order valence-corrected chi connectivity index (χ3v) is 2.34. The van der Waals surface area contributed by atoms with E-state index in [1.165, 1.54) is 0 Å². The van der Waals surface area contributed by atoms with Gasteiger partial charge in [-0.2, -0.15) is 0 Å². The van der Waals surface area contributed by atoms with Crippen LogP contribution in [0, 0.1) is 5.92 Å². The van der Waals surface area contributed by atoms with Gasteiger partial charge in [0.2, 0.25) is 0 Å². The van der Waals surface area contributed by atoms with Crippen molar-refractivity contribution in [2.45, 2.75) is 26.7 Å². The van der Waals surface area contributed by atoms with E-state index in [0.717, 1.165) is 12.8 Å². The molecule has 4 heteroatoms. The highest BCUT2D eigenvalue weighted by Crippen LogP contribution is 2.08. The first-order chi connectivity index (χ1) is 7.52. The number of hydrogen-bond acceptors (Lipinski definition) is 3. The molecule has 0 spiro atoms. The maximum Gasteiger partial charge on any atom is 0.293 e. The fourth-order valence-electron chi connectivity index (χ4n) is 1.60. The summed E-state index contributed by atoms with van der Waals surface area (Å²) in [5.74, 6) is 0.309. The van der Waals surface area contributed by atoms with E-state index in [9.17, 15) is 9.59 Å². The maximum absolute atomic E-state index is 11.7. The van der Waals surface area contributed by atoms with Crippen LogP contribution in [0.15, 0.2) is 12.2 Å². The van der Waals surface area contributed by atoms with Crippen LogP contribution in [0.5, 0.6) is 0 Å². The monoisotopic (exact) mass is 227 g/mol. The second-order valence-corrected chi connectivity index (χ2v) is 4.09. The Morgan fingerprint density at radius 1 is 1.56 bits per heavy atom. The molecule has 16 heavy (non-hydrogen) atoms. The van der Waals surface area contributed by atoms with Crippen LogP contribution in [0.25, 0.3) is 0 Å². The van der Waals surface area contributed by atoms with Crippen molar-refractivity contribution < 1.29 is 14.3 Å². The Morgan fingerprint density at radius 2 is 2.19 bits per heavy atom. The molecule has 0 aliphatic carbocycles. The quantitative estimate of drug-likeness (QED) is 0.467. The van der Waals surface area contributed by atoms with Crippen molar-refractivity contribution in [1.82, 2.24) is 4.90 Å². The van der Waals surface area contributed by atoms with Gasteiger partial charge in [0, 0.05) is 19.2 Å². The molecule has 1 atom stereocenters. The summed E-state index contributed by atoms with van der Waals surface area (Å²) >= 11 is 0. The molecular formula is C12H21NO3. The average molecular weight is 227 g/mol. The summed E-state index contributed by atoms with van der Waals surface area (Å²) in [4.78, 5) is 23.3. The minimum absolute atomic E-state index is 0.0329. The first kappa shape index (κ1) is 14.7. The van der Waals surface area contributed by atoms with Crippen LogP contribution in [-0.4, -0.2) is 37.5 Å². The highest BCUT2D eigenvalue weighted by molar-refractivity contribution is 5.93. The van der Waals surface area contributed by atoms with E-state index in [1.54, 1.807) is 11.9 Å². The molecule has 0 bridgehead atoms. The fraction of sp³-hybridized carbons (Fsp3) is 0.667. The zero-order chi connectivity index (χ0) is 12.6. The summed E-state index contributed by atoms with van der Waals surface area (Å²) in [5.41, 5.74) is 0.304. The number of amides is 1. The van der Waals surface area contributed by atoms with Gasteiger partial charge in [0.15, 0.2) is 0 Å². The van der Waals surface area contributed by atoms with Crippen LogP contribution in [0.2, 0.25) is 0 Å². The Kier molecular flexibility index (Phi) is 7.25. The molecule has 0 fully saturated rings. The SMILES string of the molecule is C=C(COC=O)C(=O)N(C)CC(C)CCC. The lowest BCUT2D eigenvalue weighted by Gasteiger charge is -2.22. The Labute approximate surface area is 97.3 Å². The number of hydrogen-bond donors (Lipinski definition) is 0. The largest absolute Gasteiger partial charge is 0.463 e. The maximum atomic E-state index is 11.7. The van der Waals surface area contributed by atoms with Gasteiger partial charge < -0.3 is 9.64 Å². The van der Waals surface area contributed by atoms with E-state index in [1.807, 2.05) is 0 Å². The van der Waals surface area contributed by atoms with Crippen LogP contribution in [-0.2, 0) is 14.3 Å². The molecule has 0 aliphatic rings. The summed E-state index contributed by atoms with van der Waals surface area (Å²) in [5, 5.41) is 0. The number of nitrogens with zero attached hydrogens (tertiary/aromatic N) is 1. The molecule has 1 amide bonds. The Balaban J connectivity index is 4.06.